The predicted octanol–water partition coefficient (Wildman–Crippen LogP) is 3.79. The van der Waals surface area contributed by atoms with E-state index in [2.05, 4.69) is 5.10 Å². The second-order valence-electron chi connectivity index (χ2n) is 4.37. The highest BCUT2D eigenvalue weighted by atomic mass is 35.5. The van der Waals surface area contributed by atoms with Gasteiger partial charge in [-0.05, 0) is 31.5 Å². The molecule has 0 radical (unpaired) electrons. The van der Waals surface area contributed by atoms with Crippen molar-refractivity contribution in [1.82, 2.24) is 9.78 Å². The number of rotatable bonds is 5. The van der Waals surface area contributed by atoms with E-state index in [0.717, 1.165) is 17.7 Å². The molecule has 2 aromatic rings. The number of aromatic nitrogens is 2. The number of halogens is 1. The van der Waals surface area contributed by atoms with Crippen LogP contribution in [0.1, 0.15) is 30.8 Å². The van der Waals surface area contributed by atoms with Crippen LogP contribution in [0, 0.1) is 0 Å². The largest absolute Gasteiger partial charge is 0.461 e. The highest BCUT2D eigenvalue weighted by Gasteiger charge is 2.16. The van der Waals surface area contributed by atoms with Crippen molar-refractivity contribution in [2.75, 3.05) is 6.61 Å². The molecule has 2 rings (SSSR count). The van der Waals surface area contributed by atoms with Gasteiger partial charge >= 0.3 is 5.97 Å². The molecule has 0 bridgehead atoms. The van der Waals surface area contributed by atoms with Crippen LogP contribution in [0.3, 0.4) is 0 Å². The summed E-state index contributed by atoms with van der Waals surface area (Å²) in [5, 5.41) is 5.15. The van der Waals surface area contributed by atoms with Crippen molar-refractivity contribution in [3.05, 3.63) is 41.0 Å². The molecule has 0 saturated carbocycles. The molecule has 4 nitrogen and oxygen atoms in total. The van der Waals surface area contributed by atoms with Gasteiger partial charge in [0, 0.05) is 17.1 Å². The molecule has 0 aliphatic rings. The average molecular weight is 293 g/mol. The molecule has 0 amide bonds. The van der Waals surface area contributed by atoms with Gasteiger partial charge in [0.15, 0.2) is 0 Å². The van der Waals surface area contributed by atoms with E-state index in [0.29, 0.717) is 23.9 Å². The summed E-state index contributed by atoms with van der Waals surface area (Å²) in [4.78, 5) is 11.9. The molecule has 0 saturated heterocycles. The number of carbonyl (C=O) groups excluding carboxylic acids is 1. The molecule has 20 heavy (non-hydrogen) atoms. The first-order valence-electron chi connectivity index (χ1n) is 6.66. The molecule has 0 atom stereocenters. The first-order valence-corrected chi connectivity index (χ1v) is 7.04. The first-order chi connectivity index (χ1) is 9.65. The first kappa shape index (κ1) is 14.6. The van der Waals surface area contributed by atoms with Crippen LogP contribution in [0.4, 0.5) is 0 Å². The van der Waals surface area contributed by atoms with Crippen molar-refractivity contribution < 1.29 is 9.53 Å². The summed E-state index contributed by atoms with van der Waals surface area (Å²) in [5.41, 5.74) is 2.16. The number of benzene rings is 1. The van der Waals surface area contributed by atoms with Crippen molar-refractivity contribution in [2.24, 2.45) is 0 Å². The van der Waals surface area contributed by atoms with Crippen LogP contribution < -0.4 is 0 Å². The Kier molecular flexibility index (Phi) is 4.79. The van der Waals surface area contributed by atoms with Crippen LogP contribution in [0.5, 0.6) is 0 Å². The van der Waals surface area contributed by atoms with Gasteiger partial charge in [0.05, 0.1) is 12.3 Å². The summed E-state index contributed by atoms with van der Waals surface area (Å²) in [5.74, 6) is -0.339. The lowest BCUT2D eigenvalue weighted by molar-refractivity contribution is 0.0511. The molecule has 5 heteroatoms. The van der Waals surface area contributed by atoms with Gasteiger partial charge in [-0.1, -0.05) is 30.7 Å². The lowest BCUT2D eigenvalue weighted by Gasteiger charge is -2.04. The highest BCUT2D eigenvalue weighted by molar-refractivity contribution is 6.30. The molecule has 0 aliphatic heterocycles. The average Bonchev–Trinajstić information content (AvgIpc) is 2.84. The maximum absolute atomic E-state index is 11.9. The van der Waals surface area contributed by atoms with Gasteiger partial charge in [-0.2, -0.15) is 5.10 Å². The number of hydrogen-bond acceptors (Lipinski definition) is 3. The van der Waals surface area contributed by atoms with Crippen LogP contribution >= 0.6 is 11.6 Å². The van der Waals surface area contributed by atoms with E-state index in [9.17, 15) is 4.79 Å². The standard InChI is InChI=1S/C15H17ClN2O2/c1-3-9-18-14(15(19)20-4-2)10-13(17-18)11-5-7-12(16)8-6-11/h5-8,10H,3-4,9H2,1-2H3. The smallest absolute Gasteiger partial charge is 0.356 e. The number of carbonyl (C=O) groups is 1. The number of nitrogens with zero attached hydrogens (tertiary/aromatic N) is 2. The molecular formula is C15H17ClN2O2. The molecule has 0 spiro atoms. The summed E-state index contributed by atoms with van der Waals surface area (Å²) in [7, 11) is 0. The van der Waals surface area contributed by atoms with Gasteiger partial charge in [0.25, 0.3) is 0 Å². The minimum Gasteiger partial charge on any atom is -0.461 e. The van der Waals surface area contributed by atoms with Gasteiger partial charge in [-0.15, -0.1) is 0 Å². The van der Waals surface area contributed by atoms with Crippen LogP contribution in [0.25, 0.3) is 11.3 Å². The Bertz CT molecular complexity index is 590. The predicted molar refractivity (Wildman–Crippen MR) is 78.9 cm³/mol. The quantitative estimate of drug-likeness (QED) is 0.788. The Hall–Kier alpha value is -1.81. The highest BCUT2D eigenvalue weighted by Crippen LogP contribution is 2.22. The number of ether oxygens (including phenoxy) is 1. The normalized spacial score (nSPS) is 10.6. The Balaban J connectivity index is 2.37. The molecule has 0 unspecified atom stereocenters. The monoisotopic (exact) mass is 292 g/mol. The summed E-state index contributed by atoms with van der Waals surface area (Å²) in [6, 6.07) is 9.14. The molecule has 1 aromatic heterocycles. The third-order valence-corrected chi connectivity index (χ3v) is 3.09. The van der Waals surface area contributed by atoms with Crippen LogP contribution in [-0.4, -0.2) is 22.4 Å². The van der Waals surface area contributed by atoms with Gasteiger partial charge in [0.1, 0.15) is 5.69 Å². The minimum atomic E-state index is -0.339. The zero-order valence-corrected chi connectivity index (χ0v) is 12.4. The number of aryl methyl sites for hydroxylation is 1. The van der Waals surface area contributed by atoms with E-state index in [1.807, 2.05) is 19.1 Å². The Morgan fingerprint density at radius 1 is 1.30 bits per heavy atom. The van der Waals surface area contributed by atoms with Gasteiger partial charge < -0.3 is 4.74 Å². The fourth-order valence-corrected chi connectivity index (χ4v) is 2.06. The van der Waals surface area contributed by atoms with Crippen LogP contribution in [0.15, 0.2) is 30.3 Å². The van der Waals surface area contributed by atoms with Crippen molar-refractivity contribution in [3.8, 4) is 11.3 Å². The SMILES string of the molecule is CCCn1nc(-c2ccc(Cl)cc2)cc1C(=O)OCC. The molecule has 0 aliphatic carbocycles. The second kappa shape index (κ2) is 6.57. The van der Waals surface area contributed by atoms with Gasteiger partial charge in [-0.3, -0.25) is 4.68 Å². The third-order valence-electron chi connectivity index (χ3n) is 2.84. The molecule has 0 N–H and O–H groups in total. The fourth-order valence-electron chi connectivity index (χ4n) is 1.93. The molecular weight excluding hydrogens is 276 g/mol. The fraction of sp³-hybridized carbons (Fsp3) is 0.333. The van der Waals surface area contributed by atoms with Crippen molar-refractivity contribution in [3.63, 3.8) is 0 Å². The van der Waals surface area contributed by atoms with Crippen molar-refractivity contribution in [2.45, 2.75) is 26.8 Å². The van der Waals surface area contributed by atoms with Gasteiger partial charge in [-0.25, -0.2) is 4.79 Å². The van der Waals surface area contributed by atoms with Crippen molar-refractivity contribution >= 4 is 17.6 Å². The van der Waals surface area contributed by atoms with Gasteiger partial charge in [0.2, 0.25) is 0 Å². The summed E-state index contributed by atoms with van der Waals surface area (Å²) >= 11 is 5.88. The summed E-state index contributed by atoms with van der Waals surface area (Å²) in [6.45, 7) is 4.87. The lowest BCUT2D eigenvalue weighted by Crippen LogP contribution is -2.13. The summed E-state index contributed by atoms with van der Waals surface area (Å²) in [6.07, 6.45) is 0.897. The zero-order chi connectivity index (χ0) is 14.5. The lowest BCUT2D eigenvalue weighted by atomic mass is 10.1. The number of hydrogen-bond donors (Lipinski definition) is 0. The molecule has 106 valence electrons. The van der Waals surface area contributed by atoms with E-state index in [-0.39, 0.29) is 5.97 Å². The third kappa shape index (κ3) is 3.20. The maximum Gasteiger partial charge on any atom is 0.356 e. The Morgan fingerprint density at radius 2 is 2.00 bits per heavy atom. The van der Waals surface area contributed by atoms with Crippen LogP contribution in [-0.2, 0) is 11.3 Å². The van der Waals surface area contributed by atoms with E-state index in [1.165, 1.54) is 0 Å². The maximum atomic E-state index is 11.9. The van der Waals surface area contributed by atoms with E-state index in [4.69, 9.17) is 16.3 Å². The van der Waals surface area contributed by atoms with E-state index < -0.39 is 0 Å². The van der Waals surface area contributed by atoms with E-state index >= 15 is 0 Å². The Morgan fingerprint density at radius 3 is 2.60 bits per heavy atom. The molecule has 0 fully saturated rings. The van der Waals surface area contributed by atoms with Crippen molar-refractivity contribution in [1.29, 1.82) is 0 Å². The molecule has 1 aromatic carbocycles. The zero-order valence-electron chi connectivity index (χ0n) is 11.6. The Labute approximate surface area is 123 Å². The van der Waals surface area contributed by atoms with Crippen LogP contribution in [0.2, 0.25) is 5.02 Å². The summed E-state index contributed by atoms with van der Waals surface area (Å²) < 4.78 is 6.76. The second-order valence-corrected chi connectivity index (χ2v) is 4.80. The number of esters is 1. The topological polar surface area (TPSA) is 44.1 Å². The molecule has 1 heterocycles. The minimum absolute atomic E-state index is 0.339. The van der Waals surface area contributed by atoms with E-state index in [1.54, 1.807) is 29.8 Å².